The maximum Gasteiger partial charge on any atom is 0.321 e. The summed E-state index contributed by atoms with van der Waals surface area (Å²) in [6, 6.07) is 6.78. The van der Waals surface area contributed by atoms with Gasteiger partial charge in [0.05, 0.1) is 19.5 Å². The fourth-order valence-corrected chi connectivity index (χ4v) is 1.88. The number of benzene rings is 1. The molecule has 0 unspecified atom stereocenters. The lowest BCUT2D eigenvalue weighted by Gasteiger charge is -2.07. The van der Waals surface area contributed by atoms with Crippen LogP contribution in [0.25, 0.3) is 0 Å². The first-order chi connectivity index (χ1) is 9.65. The Labute approximate surface area is 122 Å². The highest BCUT2D eigenvalue weighted by molar-refractivity contribution is 7.99. The van der Waals surface area contributed by atoms with Crippen molar-refractivity contribution in [3.8, 4) is 11.5 Å². The average molecular weight is 298 g/mol. The van der Waals surface area contributed by atoms with Gasteiger partial charge in [-0.25, -0.2) is 4.79 Å². The van der Waals surface area contributed by atoms with Crippen LogP contribution in [0.1, 0.15) is 0 Å². The van der Waals surface area contributed by atoms with E-state index < -0.39 is 6.03 Å². The van der Waals surface area contributed by atoms with Crippen molar-refractivity contribution in [3.05, 3.63) is 24.3 Å². The first kappa shape index (κ1) is 16.2. The summed E-state index contributed by atoms with van der Waals surface area (Å²) in [7, 11) is 3.06. The van der Waals surface area contributed by atoms with Crippen LogP contribution in [-0.2, 0) is 4.79 Å². The van der Waals surface area contributed by atoms with Gasteiger partial charge in [0.25, 0.3) is 0 Å². The van der Waals surface area contributed by atoms with Crippen molar-refractivity contribution in [2.24, 2.45) is 0 Å². The molecule has 0 radical (unpaired) electrons. The van der Waals surface area contributed by atoms with Gasteiger partial charge in [-0.2, -0.15) is 0 Å². The molecule has 1 aromatic carbocycles. The second-order valence-corrected chi connectivity index (χ2v) is 4.81. The van der Waals surface area contributed by atoms with Gasteiger partial charge in [-0.1, -0.05) is 0 Å². The van der Waals surface area contributed by atoms with Gasteiger partial charge in [-0.3, -0.25) is 10.1 Å². The molecule has 0 bridgehead atoms. The molecule has 0 saturated heterocycles. The monoisotopic (exact) mass is 298 g/mol. The minimum absolute atomic E-state index is 0.222. The van der Waals surface area contributed by atoms with Gasteiger partial charge in [-0.05, 0) is 24.3 Å². The van der Waals surface area contributed by atoms with Crippen molar-refractivity contribution in [3.63, 3.8) is 0 Å². The third kappa shape index (κ3) is 6.33. The van der Waals surface area contributed by atoms with Crippen LogP contribution in [0.4, 0.5) is 4.79 Å². The number of carbonyl (C=O) groups is 2. The predicted octanol–water partition coefficient (Wildman–Crippen LogP) is 1.26. The number of nitrogens with one attached hydrogen (secondary N) is 2. The summed E-state index contributed by atoms with van der Waals surface area (Å²) in [5.74, 6) is 2.09. The lowest BCUT2D eigenvalue weighted by molar-refractivity contribution is -0.117. The molecular formula is C13H18N2O4S. The van der Waals surface area contributed by atoms with Gasteiger partial charge in [0, 0.05) is 12.8 Å². The summed E-state index contributed by atoms with van der Waals surface area (Å²) < 4.78 is 10.5. The molecule has 0 aliphatic carbocycles. The van der Waals surface area contributed by atoms with E-state index in [1.165, 1.54) is 18.8 Å². The number of thioether (sulfide) groups is 1. The fourth-order valence-electron chi connectivity index (χ4n) is 1.28. The zero-order valence-corrected chi connectivity index (χ0v) is 12.3. The van der Waals surface area contributed by atoms with Crippen LogP contribution >= 0.6 is 11.8 Å². The van der Waals surface area contributed by atoms with E-state index in [9.17, 15) is 9.59 Å². The van der Waals surface area contributed by atoms with Crippen molar-refractivity contribution in [2.45, 2.75) is 0 Å². The smallest absolute Gasteiger partial charge is 0.321 e. The van der Waals surface area contributed by atoms with E-state index in [4.69, 9.17) is 9.47 Å². The molecule has 0 spiro atoms. The molecule has 20 heavy (non-hydrogen) atoms. The minimum atomic E-state index is -0.495. The van der Waals surface area contributed by atoms with Gasteiger partial charge < -0.3 is 14.8 Å². The molecule has 2 N–H and O–H groups in total. The molecule has 0 aliphatic rings. The van der Waals surface area contributed by atoms with Crippen molar-refractivity contribution >= 4 is 23.7 Å². The van der Waals surface area contributed by atoms with Crippen LogP contribution in [0.5, 0.6) is 11.5 Å². The highest BCUT2D eigenvalue weighted by Gasteiger charge is 2.05. The van der Waals surface area contributed by atoms with Crippen LogP contribution in [0.3, 0.4) is 0 Å². The summed E-state index contributed by atoms with van der Waals surface area (Å²) in [6.45, 7) is 0.490. The number of urea groups is 1. The van der Waals surface area contributed by atoms with E-state index in [2.05, 4.69) is 10.6 Å². The lowest BCUT2D eigenvalue weighted by atomic mass is 10.3. The number of hydrogen-bond acceptors (Lipinski definition) is 5. The highest BCUT2D eigenvalue weighted by atomic mass is 32.2. The number of methoxy groups -OCH3 is 1. The number of carbonyl (C=O) groups excluding carboxylic acids is 2. The normalized spacial score (nSPS) is 9.70. The van der Waals surface area contributed by atoms with Crippen LogP contribution < -0.4 is 20.1 Å². The van der Waals surface area contributed by atoms with E-state index in [0.717, 1.165) is 11.5 Å². The zero-order valence-electron chi connectivity index (χ0n) is 11.5. The Morgan fingerprint density at radius 3 is 2.45 bits per heavy atom. The second-order valence-electron chi connectivity index (χ2n) is 3.70. The van der Waals surface area contributed by atoms with Gasteiger partial charge in [0.2, 0.25) is 5.91 Å². The highest BCUT2D eigenvalue weighted by Crippen LogP contribution is 2.17. The maximum atomic E-state index is 11.3. The third-order valence-corrected chi connectivity index (χ3v) is 3.19. The number of imide groups is 1. The SMILES string of the molecule is CNC(=O)NC(=O)CSCCOc1ccc(OC)cc1. The molecule has 1 rings (SSSR count). The zero-order chi connectivity index (χ0) is 14.8. The molecule has 110 valence electrons. The van der Waals surface area contributed by atoms with Gasteiger partial charge in [0.1, 0.15) is 11.5 Å². The molecule has 6 nitrogen and oxygen atoms in total. The lowest BCUT2D eigenvalue weighted by Crippen LogP contribution is -2.38. The molecule has 0 aliphatic heterocycles. The topological polar surface area (TPSA) is 76.7 Å². The van der Waals surface area contributed by atoms with Gasteiger partial charge >= 0.3 is 6.03 Å². The molecule has 0 saturated carbocycles. The summed E-state index contributed by atoms with van der Waals surface area (Å²) in [5.41, 5.74) is 0. The van der Waals surface area contributed by atoms with Crippen LogP contribution in [0.2, 0.25) is 0 Å². The Morgan fingerprint density at radius 1 is 1.20 bits per heavy atom. The molecule has 0 atom stereocenters. The number of amides is 3. The number of ether oxygens (including phenoxy) is 2. The fraction of sp³-hybridized carbons (Fsp3) is 0.385. The molecule has 3 amide bonds. The quantitative estimate of drug-likeness (QED) is 0.741. The average Bonchev–Trinajstić information content (AvgIpc) is 2.47. The Hall–Kier alpha value is -1.89. The van der Waals surface area contributed by atoms with E-state index in [1.807, 2.05) is 24.3 Å². The molecule has 0 fully saturated rings. The van der Waals surface area contributed by atoms with Crippen molar-refractivity contribution < 1.29 is 19.1 Å². The maximum absolute atomic E-state index is 11.3. The first-order valence-electron chi connectivity index (χ1n) is 6.02. The predicted molar refractivity (Wildman–Crippen MR) is 78.4 cm³/mol. The summed E-state index contributed by atoms with van der Waals surface area (Å²) in [5, 5.41) is 4.50. The largest absolute Gasteiger partial charge is 0.497 e. The van der Waals surface area contributed by atoms with E-state index >= 15 is 0 Å². The minimum Gasteiger partial charge on any atom is -0.497 e. The third-order valence-electron chi connectivity index (χ3n) is 2.27. The second kappa shape index (κ2) is 9.08. The molecule has 0 aromatic heterocycles. The molecule has 0 heterocycles. The standard InChI is InChI=1S/C13H18N2O4S/c1-14-13(17)15-12(16)9-20-8-7-19-11-5-3-10(18-2)4-6-11/h3-6H,7-9H2,1-2H3,(H2,14,15,16,17). The van der Waals surface area contributed by atoms with Crippen molar-refractivity contribution in [1.29, 1.82) is 0 Å². The Bertz CT molecular complexity index is 437. The summed E-state index contributed by atoms with van der Waals surface area (Å²) >= 11 is 1.40. The van der Waals surface area contributed by atoms with E-state index in [-0.39, 0.29) is 11.7 Å². The van der Waals surface area contributed by atoms with Crippen LogP contribution in [0.15, 0.2) is 24.3 Å². The number of hydrogen-bond donors (Lipinski definition) is 2. The number of rotatable bonds is 7. The Kier molecular flexibility index (Phi) is 7.34. The summed E-state index contributed by atoms with van der Waals surface area (Å²) in [6.07, 6.45) is 0. The van der Waals surface area contributed by atoms with Crippen molar-refractivity contribution in [1.82, 2.24) is 10.6 Å². The van der Waals surface area contributed by atoms with E-state index in [0.29, 0.717) is 12.4 Å². The molecule has 7 heteroatoms. The van der Waals surface area contributed by atoms with Gasteiger partial charge in [0.15, 0.2) is 0 Å². The molecule has 1 aromatic rings. The first-order valence-corrected chi connectivity index (χ1v) is 7.17. The molecular weight excluding hydrogens is 280 g/mol. The van der Waals surface area contributed by atoms with Gasteiger partial charge in [-0.15, -0.1) is 11.8 Å². The Balaban J connectivity index is 2.12. The van der Waals surface area contributed by atoms with Crippen molar-refractivity contribution in [2.75, 3.05) is 32.3 Å². The Morgan fingerprint density at radius 2 is 1.85 bits per heavy atom. The van der Waals surface area contributed by atoms with E-state index in [1.54, 1.807) is 7.11 Å². The summed E-state index contributed by atoms with van der Waals surface area (Å²) in [4.78, 5) is 22.1. The van der Waals surface area contributed by atoms with Crippen LogP contribution in [0, 0.1) is 0 Å². The van der Waals surface area contributed by atoms with Crippen LogP contribution in [-0.4, -0.2) is 44.2 Å².